The van der Waals surface area contributed by atoms with Gasteiger partial charge >= 0.3 is 0 Å². The van der Waals surface area contributed by atoms with Gasteiger partial charge in [0.1, 0.15) is 5.38 Å². The molecule has 9 heavy (non-hydrogen) atoms. The molecule has 52 valence electrons. The van der Waals surface area contributed by atoms with E-state index < -0.39 is 0 Å². The highest BCUT2D eigenvalue weighted by molar-refractivity contribution is 7.99. The van der Waals surface area contributed by atoms with Crippen molar-refractivity contribution in [2.75, 3.05) is 11.5 Å². The maximum absolute atomic E-state index is 8.24. The van der Waals surface area contributed by atoms with Crippen molar-refractivity contribution in [1.29, 1.82) is 5.26 Å². The van der Waals surface area contributed by atoms with Gasteiger partial charge in [-0.3, -0.25) is 0 Å². The van der Waals surface area contributed by atoms with Crippen LogP contribution in [0.3, 0.4) is 0 Å². The van der Waals surface area contributed by atoms with E-state index in [1.165, 1.54) is 0 Å². The molecule has 3 heteroatoms. The normalized spacial score (nSPS) is 12.6. The minimum absolute atomic E-state index is 0.288. The Morgan fingerprint density at radius 1 is 1.78 bits per heavy atom. The van der Waals surface area contributed by atoms with Crippen LogP contribution in [0.5, 0.6) is 0 Å². The molecule has 0 aromatic carbocycles. The largest absolute Gasteiger partial charge is 0.197 e. The fourth-order valence-electron chi connectivity index (χ4n) is 0.396. The lowest BCUT2D eigenvalue weighted by molar-refractivity contribution is 0.989. The standard InChI is InChI=1S/C6H10ClNS/c1-2-9-4-3-6(7)5-8/h6H,2-4H2,1H3. The third kappa shape index (κ3) is 6.01. The van der Waals surface area contributed by atoms with Gasteiger partial charge in [0.05, 0.1) is 6.07 Å². The first-order valence-corrected chi connectivity index (χ1v) is 4.51. The van der Waals surface area contributed by atoms with E-state index >= 15 is 0 Å². The van der Waals surface area contributed by atoms with E-state index in [1.807, 2.05) is 17.8 Å². The van der Waals surface area contributed by atoms with Crippen molar-refractivity contribution in [2.24, 2.45) is 0 Å². The molecule has 0 saturated carbocycles. The Hall–Kier alpha value is 0.130. The second-order valence-corrected chi connectivity index (χ2v) is 3.50. The molecule has 0 heterocycles. The van der Waals surface area contributed by atoms with E-state index in [4.69, 9.17) is 16.9 Å². The number of alkyl halides is 1. The summed E-state index contributed by atoms with van der Waals surface area (Å²) in [4.78, 5) is 0. The van der Waals surface area contributed by atoms with Crippen LogP contribution in [0.4, 0.5) is 0 Å². The number of nitrogens with zero attached hydrogens (tertiary/aromatic N) is 1. The number of thioether (sulfide) groups is 1. The average molecular weight is 164 g/mol. The summed E-state index contributed by atoms with van der Waals surface area (Å²) in [6.45, 7) is 2.10. The number of hydrogen-bond acceptors (Lipinski definition) is 2. The van der Waals surface area contributed by atoms with E-state index in [9.17, 15) is 0 Å². The summed E-state index contributed by atoms with van der Waals surface area (Å²) < 4.78 is 0. The van der Waals surface area contributed by atoms with Crippen molar-refractivity contribution in [3.63, 3.8) is 0 Å². The smallest absolute Gasteiger partial charge is 0.121 e. The highest BCUT2D eigenvalue weighted by Crippen LogP contribution is 2.07. The number of nitriles is 1. The van der Waals surface area contributed by atoms with Gasteiger partial charge in [0.15, 0.2) is 0 Å². The van der Waals surface area contributed by atoms with E-state index in [-0.39, 0.29) is 5.38 Å². The maximum atomic E-state index is 8.24. The molecule has 0 rings (SSSR count). The summed E-state index contributed by atoms with van der Waals surface area (Å²) in [6, 6.07) is 1.98. The van der Waals surface area contributed by atoms with Gasteiger partial charge < -0.3 is 0 Å². The quantitative estimate of drug-likeness (QED) is 0.469. The maximum Gasteiger partial charge on any atom is 0.121 e. The molecular weight excluding hydrogens is 154 g/mol. The molecule has 0 bridgehead atoms. The lowest BCUT2D eigenvalue weighted by atomic mass is 10.4. The summed E-state index contributed by atoms with van der Waals surface area (Å²) in [7, 11) is 0. The van der Waals surface area contributed by atoms with Crippen LogP contribution in [-0.4, -0.2) is 16.9 Å². The summed E-state index contributed by atoms with van der Waals surface area (Å²) >= 11 is 7.34. The van der Waals surface area contributed by atoms with Crippen molar-refractivity contribution < 1.29 is 0 Å². The van der Waals surface area contributed by atoms with Gasteiger partial charge in [-0.1, -0.05) is 6.92 Å². The van der Waals surface area contributed by atoms with Crippen molar-refractivity contribution in [3.8, 4) is 6.07 Å². The fraction of sp³-hybridized carbons (Fsp3) is 0.833. The minimum Gasteiger partial charge on any atom is -0.197 e. The highest BCUT2D eigenvalue weighted by Gasteiger charge is 1.99. The SMILES string of the molecule is CCSCCC(Cl)C#N. The van der Waals surface area contributed by atoms with Crippen molar-refractivity contribution in [2.45, 2.75) is 18.7 Å². The molecule has 0 aliphatic rings. The van der Waals surface area contributed by atoms with Crippen LogP contribution < -0.4 is 0 Å². The van der Waals surface area contributed by atoms with Gasteiger partial charge in [0.2, 0.25) is 0 Å². The molecule has 0 aliphatic heterocycles. The van der Waals surface area contributed by atoms with Gasteiger partial charge in [0.25, 0.3) is 0 Å². The Bertz CT molecular complexity index is 99.7. The lowest BCUT2D eigenvalue weighted by Crippen LogP contribution is -1.95. The van der Waals surface area contributed by atoms with Gasteiger partial charge in [-0.2, -0.15) is 17.0 Å². The third-order valence-electron chi connectivity index (χ3n) is 0.860. The number of hydrogen-bond donors (Lipinski definition) is 0. The molecule has 0 N–H and O–H groups in total. The molecule has 0 aliphatic carbocycles. The second-order valence-electron chi connectivity index (χ2n) is 1.58. The zero-order valence-corrected chi connectivity index (χ0v) is 7.00. The van der Waals surface area contributed by atoms with E-state index in [0.717, 1.165) is 17.9 Å². The molecule has 0 saturated heterocycles. The summed E-state index contributed by atoms with van der Waals surface area (Å²) in [6.07, 6.45) is 0.802. The zero-order valence-electron chi connectivity index (χ0n) is 5.43. The molecule has 0 aromatic rings. The monoisotopic (exact) mass is 163 g/mol. The summed E-state index contributed by atoms with van der Waals surface area (Å²) in [5.74, 6) is 2.10. The lowest BCUT2D eigenvalue weighted by Gasteiger charge is -1.96. The summed E-state index contributed by atoms with van der Waals surface area (Å²) in [5, 5.41) is 7.95. The van der Waals surface area contributed by atoms with Crippen LogP contribution in [0.1, 0.15) is 13.3 Å². The first-order chi connectivity index (χ1) is 4.31. The van der Waals surface area contributed by atoms with Crippen LogP contribution in [0.2, 0.25) is 0 Å². The second kappa shape index (κ2) is 6.25. The Labute approximate surface area is 65.4 Å². The van der Waals surface area contributed by atoms with Crippen LogP contribution in [-0.2, 0) is 0 Å². The van der Waals surface area contributed by atoms with Crippen LogP contribution in [0, 0.1) is 11.3 Å². The van der Waals surface area contributed by atoms with Crippen molar-refractivity contribution >= 4 is 23.4 Å². The zero-order chi connectivity index (χ0) is 7.11. The minimum atomic E-state index is -0.288. The first-order valence-electron chi connectivity index (χ1n) is 2.92. The van der Waals surface area contributed by atoms with Crippen LogP contribution in [0.15, 0.2) is 0 Å². The van der Waals surface area contributed by atoms with Crippen LogP contribution >= 0.6 is 23.4 Å². The molecule has 1 unspecified atom stereocenters. The number of halogens is 1. The number of rotatable bonds is 4. The van der Waals surface area contributed by atoms with Gasteiger partial charge in [-0.05, 0) is 17.9 Å². The predicted octanol–water partition coefficient (Wildman–Crippen LogP) is 2.26. The van der Waals surface area contributed by atoms with E-state index in [0.29, 0.717) is 0 Å². The molecule has 0 aromatic heterocycles. The Morgan fingerprint density at radius 3 is 2.89 bits per heavy atom. The van der Waals surface area contributed by atoms with Crippen LogP contribution in [0.25, 0.3) is 0 Å². The Morgan fingerprint density at radius 2 is 2.44 bits per heavy atom. The Balaban J connectivity index is 2.99. The summed E-state index contributed by atoms with van der Waals surface area (Å²) in [5.41, 5.74) is 0. The van der Waals surface area contributed by atoms with Crippen molar-refractivity contribution in [1.82, 2.24) is 0 Å². The molecule has 0 amide bonds. The van der Waals surface area contributed by atoms with Gasteiger partial charge in [0, 0.05) is 0 Å². The Kier molecular flexibility index (Phi) is 6.34. The van der Waals surface area contributed by atoms with E-state index in [1.54, 1.807) is 0 Å². The van der Waals surface area contributed by atoms with Crippen molar-refractivity contribution in [3.05, 3.63) is 0 Å². The molecule has 1 nitrogen and oxygen atoms in total. The average Bonchev–Trinajstić information content (AvgIpc) is 1.89. The van der Waals surface area contributed by atoms with E-state index in [2.05, 4.69) is 6.92 Å². The topological polar surface area (TPSA) is 23.8 Å². The predicted molar refractivity (Wildman–Crippen MR) is 42.9 cm³/mol. The fourth-order valence-corrected chi connectivity index (χ4v) is 1.33. The highest BCUT2D eigenvalue weighted by atomic mass is 35.5. The molecule has 0 radical (unpaired) electrons. The molecule has 0 fully saturated rings. The molecule has 1 atom stereocenters. The molecular formula is C6H10ClNS. The third-order valence-corrected chi connectivity index (χ3v) is 2.11. The first kappa shape index (κ1) is 9.13. The van der Waals surface area contributed by atoms with Gasteiger partial charge in [-0.15, -0.1) is 11.6 Å². The van der Waals surface area contributed by atoms with Gasteiger partial charge in [-0.25, -0.2) is 0 Å². The molecule has 0 spiro atoms.